The minimum atomic E-state index is 0.337. The summed E-state index contributed by atoms with van der Waals surface area (Å²) in [6.45, 7) is 7.22. The number of piperidine rings is 1. The van der Waals surface area contributed by atoms with Gasteiger partial charge in [0.1, 0.15) is 0 Å². The van der Waals surface area contributed by atoms with Crippen LogP contribution in [0.5, 0.6) is 0 Å². The van der Waals surface area contributed by atoms with Gasteiger partial charge in [-0.15, -0.1) is 0 Å². The molecule has 4 atom stereocenters. The molecule has 1 nitrogen and oxygen atoms in total. The van der Waals surface area contributed by atoms with E-state index in [1.54, 1.807) is 5.56 Å². The van der Waals surface area contributed by atoms with Crippen molar-refractivity contribution in [2.45, 2.75) is 64.0 Å². The molecule has 2 fully saturated rings. The van der Waals surface area contributed by atoms with Crippen molar-refractivity contribution in [3.63, 3.8) is 0 Å². The highest BCUT2D eigenvalue weighted by Gasteiger charge is 2.50. The number of fused-ring (bicyclic) bond motifs is 2. The molecule has 0 amide bonds. The van der Waals surface area contributed by atoms with Crippen molar-refractivity contribution in [1.82, 2.24) is 4.90 Å². The topological polar surface area (TPSA) is 3.24 Å². The van der Waals surface area contributed by atoms with Crippen molar-refractivity contribution in [2.24, 2.45) is 5.92 Å². The molecule has 25 heavy (non-hydrogen) atoms. The van der Waals surface area contributed by atoms with Crippen molar-refractivity contribution in [1.29, 1.82) is 0 Å². The highest BCUT2D eigenvalue weighted by Crippen LogP contribution is 2.52. The number of likely N-dealkylation sites (N-methyl/N-ethyl adjacent to an activating group) is 1. The van der Waals surface area contributed by atoms with Crippen LogP contribution < -0.4 is 0 Å². The Bertz CT molecular complexity index is 748. The molecule has 1 aliphatic heterocycles. The second kappa shape index (κ2) is 6.29. The largest absolute Gasteiger partial charge is 0.300 e. The molecule has 2 aliphatic rings. The van der Waals surface area contributed by atoms with E-state index < -0.39 is 0 Å². The maximum absolute atomic E-state index is 2.65. The van der Waals surface area contributed by atoms with E-state index in [-0.39, 0.29) is 0 Å². The van der Waals surface area contributed by atoms with Crippen LogP contribution in [0.3, 0.4) is 0 Å². The van der Waals surface area contributed by atoms with Gasteiger partial charge in [-0.25, -0.2) is 0 Å². The van der Waals surface area contributed by atoms with Crippen molar-refractivity contribution >= 4 is 0 Å². The van der Waals surface area contributed by atoms with E-state index in [0.29, 0.717) is 17.5 Å². The highest BCUT2D eigenvalue weighted by molar-refractivity contribution is 5.65. The van der Waals surface area contributed by atoms with E-state index in [9.17, 15) is 0 Å². The Morgan fingerprint density at radius 3 is 2.48 bits per heavy atom. The first-order valence-electron chi connectivity index (χ1n) is 9.91. The smallest absolute Gasteiger partial charge is 0.0164 e. The molecular weight excluding hydrogens is 302 g/mol. The Balaban J connectivity index is 1.76. The highest BCUT2D eigenvalue weighted by atomic mass is 15.2. The summed E-state index contributed by atoms with van der Waals surface area (Å²) < 4.78 is 0. The van der Waals surface area contributed by atoms with Crippen LogP contribution in [-0.2, 0) is 5.41 Å². The number of hydrogen-bond acceptors (Lipinski definition) is 1. The minimum absolute atomic E-state index is 0.337. The molecule has 2 aromatic rings. The number of benzene rings is 2. The number of nitrogens with zero attached hydrogens (tertiary/aromatic N) is 1. The third kappa shape index (κ3) is 2.64. The van der Waals surface area contributed by atoms with Gasteiger partial charge in [0.25, 0.3) is 0 Å². The molecule has 1 saturated heterocycles. The van der Waals surface area contributed by atoms with Crippen LogP contribution in [-0.4, -0.2) is 24.0 Å². The first kappa shape index (κ1) is 16.8. The molecule has 0 radical (unpaired) electrons. The van der Waals surface area contributed by atoms with Gasteiger partial charge in [-0.1, -0.05) is 55.0 Å². The lowest BCUT2D eigenvalue weighted by atomic mass is 9.57. The summed E-state index contributed by atoms with van der Waals surface area (Å²) in [5.74, 6) is 0.850. The maximum Gasteiger partial charge on any atom is 0.0164 e. The van der Waals surface area contributed by atoms with Crippen molar-refractivity contribution in [3.8, 4) is 11.1 Å². The van der Waals surface area contributed by atoms with Gasteiger partial charge in [-0.3, -0.25) is 4.90 Å². The fourth-order valence-electron chi connectivity index (χ4n) is 5.72. The first-order valence-corrected chi connectivity index (χ1v) is 9.91. The summed E-state index contributed by atoms with van der Waals surface area (Å²) in [7, 11) is 2.34. The fourth-order valence-corrected chi connectivity index (χ4v) is 5.72. The van der Waals surface area contributed by atoms with Gasteiger partial charge >= 0.3 is 0 Å². The van der Waals surface area contributed by atoms with Crippen LogP contribution in [0, 0.1) is 12.8 Å². The number of rotatable bonds is 2. The van der Waals surface area contributed by atoms with Gasteiger partial charge in [-0.2, -0.15) is 0 Å². The summed E-state index contributed by atoms with van der Waals surface area (Å²) in [5.41, 5.74) is 6.07. The van der Waals surface area contributed by atoms with E-state index in [1.165, 1.54) is 42.4 Å². The average molecular weight is 334 g/mol. The van der Waals surface area contributed by atoms with Gasteiger partial charge < -0.3 is 0 Å². The molecule has 4 rings (SSSR count). The molecule has 132 valence electrons. The van der Waals surface area contributed by atoms with Gasteiger partial charge in [0.05, 0.1) is 0 Å². The van der Waals surface area contributed by atoms with E-state index in [2.05, 4.69) is 81.2 Å². The number of aryl methyl sites for hydroxylation is 1. The van der Waals surface area contributed by atoms with Crippen molar-refractivity contribution < 1.29 is 0 Å². The molecule has 1 heterocycles. The normalized spacial score (nSPS) is 32.6. The summed E-state index contributed by atoms with van der Waals surface area (Å²) in [5, 5.41) is 0. The molecule has 1 saturated carbocycles. The van der Waals surface area contributed by atoms with Gasteiger partial charge in [-0.05, 0) is 75.3 Å². The zero-order valence-corrected chi connectivity index (χ0v) is 16.1. The van der Waals surface area contributed by atoms with E-state index in [4.69, 9.17) is 0 Å². The van der Waals surface area contributed by atoms with Crippen LogP contribution in [0.2, 0.25) is 0 Å². The average Bonchev–Trinajstić information content (AvgIpc) is 2.66. The van der Waals surface area contributed by atoms with E-state index in [1.807, 2.05) is 0 Å². The summed E-state index contributed by atoms with van der Waals surface area (Å²) in [4.78, 5) is 2.65. The van der Waals surface area contributed by atoms with Gasteiger partial charge in [0.2, 0.25) is 0 Å². The van der Waals surface area contributed by atoms with Gasteiger partial charge in [0.15, 0.2) is 0 Å². The Hall–Kier alpha value is -1.60. The molecule has 2 aromatic carbocycles. The van der Waals surface area contributed by atoms with E-state index >= 15 is 0 Å². The number of hydrogen-bond donors (Lipinski definition) is 0. The summed E-state index contributed by atoms with van der Waals surface area (Å²) in [6.07, 6.45) is 5.49. The molecule has 0 N–H and O–H groups in total. The third-order valence-electron chi connectivity index (χ3n) is 7.43. The Morgan fingerprint density at radius 1 is 1.00 bits per heavy atom. The molecule has 3 unspecified atom stereocenters. The van der Waals surface area contributed by atoms with Gasteiger partial charge in [0, 0.05) is 17.5 Å². The first-order chi connectivity index (χ1) is 12.0. The predicted molar refractivity (Wildman–Crippen MR) is 107 cm³/mol. The molecule has 0 aromatic heterocycles. The summed E-state index contributed by atoms with van der Waals surface area (Å²) in [6, 6.07) is 19.3. The van der Waals surface area contributed by atoms with Crippen LogP contribution in [0.25, 0.3) is 11.1 Å². The third-order valence-corrected chi connectivity index (χ3v) is 7.43. The molecular formula is C24H31N. The molecule has 1 aliphatic carbocycles. The SMILES string of the molecule is Cc1cc(-c2ccccc2)ccc1C12CCCC(C1)C(C)N(C)[C@@H]2C. The number of likely N-dealkylation sites (tertiary alicyclic amines) is 1. The predicted octanol–water partition coefficient (Wildman–Crippen LogP) is 5.81. The van der Waals surface area contributed by atoms with Crippen LogP contribution in [0.4, 0.5) is 0 Å². The fraction of sp³-hybridized carbons (Fsp3) is 0.500. The quantitative estimate of drug-likeness (QED) is 0.670. The molecule has 1 heteroatoms. The minimum Gasteiger partial charge on any atom is -0.300 e. The van der Waals surface area contributed by atoms with Crippen molar-refractivity contribution in [2.75, 3.05) is 7.05 Å². The van der Waals surface area contributed by atoms with Crippen molar-refractivity contribution in [3.05, 3.63) is 59.7 Å². The van der Waals surface area contributed by atoms with Crippen LogP contribution in [0.1, 0.15) is 50.7 Å². The molecule has 0 spiro atoms. The maximum atomic E-state index is 2.65. The lowest BCUT2D eigenvalue weighted by Gasteiger charge is -2.57. The van der Waals surface area contributed by atoms with Crippen LogP contribution >= 0.6 is 0 Å². The second-order valence-electron chi connectivity index (χ2n) is 8.49. The second-order valence-corrected chi connectivity index (χ2v) is 8.49. The zero-order chi connectivity index (χ0) is 17.6. The van der Waals surface area contributed by atoms with Crippen LogP contribution in [0.15, 0.2) is 48.5 Å². The lowest BCUT2D eigenvalue weighted by Crippen LogP contribution is -2.60. The molecule has 2 bridgehead atoms. The monoisotopic (exact) mass is 333 g/mol. The standard InChI is InChI=1S/C24H31N/c1-17-15-21(20-9-6-5-7-10-20)12-13-23(17)24-14-8-11-22(16-24)18(2)25(4)19(24)3/h5-7,9-10,12-13,15,18-19,22H,8,11,14,16H2,1-4H3/t18?,19-,22?,24?/m1/s1. The summed E-state index contributed by atoms with van der Waals surface area (Å²) >= 11 is 0. The Morgan fingerprint density at radius 2 is 1.76 bits per heavy atom. The zero-order valence-electron chi connectivity index (χ0n) is 16.1. The lowest BCUT2D eigenvalue weighted by molar-refractivity contribution is -0.0170. The van der Waals surface area contributed by atoms with E-state index in [0.717, 1.165) is 5.92 Å². The Labute approximate surface area is 153 Å². The Kier molecular flexibility index (Phi) is 4.24.